The van der Waals surface area contributed by atoms with Gasteiger partial charge in [-0.3, -0.25) is 4.79 Å². The molecule has 0 radical (unpaired) electrons. The normalized spacial score (nSPS) is 12.4. The second-order valence-electron chi connectivity index (χ2n) is 5.63. The number of carbonyl (C=O) groups excluding carboxylic acids is 1. The Morgan fingerprint density at radius 2 is 1.93 bits per heavy atom. The first kappa shape index (κ1) is 18.4. The summed E-state index contributed by atoms with van der Waals surface area (Å²) in [7, 11) is 0. The van der Waals surface area contributed by atoms with Crippen LogP contribution < -0.4 is 10.1 Å². The van der Waals surface area contributed by atoms with E-state index >= 15 is 0 Å². The Morgan fingerprint density at radius 1 is 1.19 bits per heavy atom. The maximum absolute atomic E-state index is 13.1. The summed E-state index contributed by atoms with van der Waals surface area (Å²) in [6.07, 6.45) is -2.91. The van der Waals surface area contributed by atoms with Gasteiger partial charge in [-0.2, -0.15) is 18.3 Å². The first-order valence-electron chi connectivity index (χ1n) is 7.93. The SMILES string of the molecule is C[C@@H](Oc1ccccc1)C(=O)Nc1cc(C(F)(F)F)ccc1-n1cncn1. The summed E-state index contributed by atoms with van der Waals surface area (Å²) in [5, 5.41) is 6.38. The number of hydrogen-bond acceptors (Lipinski definition) is 4. The molecule has 27 heavy (non-hydrogen) atoms. The fourth-order valence-electron chi connectivity index (χ4n) is 2.34. The summed E-state index contributed by atoms with van der Waals surface area (Å²) in [6.45, 7) is 1.51. The molecule has 3 rings (SSSR count). The van der Waals surface area contributed by atoms with Crippen molar-refractivity contribution in [2.45, 2.75) is 19.2 Å². The highest BCUT2D eigenvalue weighted by Gasteiger charge is 2.31. The molecule has 1 heterocycles. The molecule has 140 valence electrons. The number of nitrogens with zero attached hydrogens (tertiary/aromatic N) is 3. The van der Waals surface area contributed by atoms with E-state index in [2.05, 4.69) is 15.4 Å². The van der Waals surface area contributed by atoms with Crippen LogP contribution in [0.4, 0.5) is 18.9 Å². The fourth-order valence-corrected chi connectivity index (χ4v) is 2.34. The minimum absolute atomic E-state index is 0.0520. The zero-order valence-electron chi connectivity index (χ0n) is 14.1. The molecular weight excluding hydrogens is 361 g/mol. The van der Waals surface area contributed by atoms with Crippen LogP contribution in [0.15, 0.2) is 61.2 Å². The maximum atomic E-state index is 13.1. The molecule has 0 saturated carbocycles. The van der Waals surface area contributed by atoms with E-state index in [9.17, 15) is 18.0 Å². The van der Waals surface area contributed by atoms with Crippen molar-refractivity contribution >= 4 is 11.6 Å². The van der Waals surface area contributed by atoms with E-state index in [0.717, 1.165) is 12.1 Å². The van der Waals surface area contributed by atoms with E-state index in [-0.39, 0.29) is 11.4 Å². The van der Waals surface area contributed by atoms with Crippen LogP contribution in [0.1, 0.15) is 12.5 Å². The molecule has 0 aliphatic rings. The molecule has 1 aromatic heterocycles. The Hall–Kier alpha value is -3.36. The zero-order chi connectivity index (χ0) is 19.4. The first-order chi connectivity index (χ1) is 12.8. The summed E-state index contributed by atoms with van der Waals surface area (Å²) < 4.78 is 45.9. The maximum Gasteiger partial charge on any atom is 0.416 e. The van der Waals surface area contributed by atoms with Crippen molar-refractivity contribution in [1.82, 2.24) is 14.8 Å². The fraction of sp³-hybridized carbons (Fsp3) is 0.167. The van der Waals surface area contributed by atoms with Gasteiger partial charge in [-0.05, 0) is 37.3 Å². The first-order valence-corrected chi connectivity index (χ1v) is 7.93. The van der Waals surface area contributed by atoms with Gasteiger partial charge in [0.2, 0.25) is 0 Å². The molecule has 6 nitrogen and oxygen atoms in total. The van der Waals surface area contributed by atoms with Crippen molar-refractivity contribution in [3.05, 3.63) is 66.7 Å². The molecule has 0 fully saturated rings. The monoisotopic (exact) mass is 376 g/mol. The van der Waals surface area contributed by atoms with Gasteiger partial charge in [-0.15, -0.1) is 0 Å². The molecule has 3 aromatic rings. The van der Waals surface area contributed by atoms with Gasteiger partial charge in [0.15, 0.2) is 6.10 Å². The minimum Gasteiger partial charge on any atom is -0.481 e. The third kappa shape index (κ3) is 4.43. The molecule has 0 aliphatic carbocycles. The van der Waals surface area contributed by atoms with Crippen molar-refractivity contribution in [3.8, 4) is 11.4 Å². The smallest absolute Gasteiger partial charge is 0.416 e. The summed E-state index contributed by atoms with van der Waals surface area (Å²) in [4.78, 5) is 16.2. The highest BCUT2D eigenvalue weighted by atomic mass is 19.4. The van der Waals surface area contributed by atoms with Crippen molar-refractivity contribution in [3.63, 3.8) is 0 Å². The summed E-state index contributed by atoms with van der Waals surface area (Å²) in [5.41, 5.74) is -0.692. The van der Waals surface area contributed by atoms with E-state index in [0.29, 0.717) is 5.75 Å². The van der Waals surface area contributed by atoms with Crippen LogP contribution in [-0.4, -0.2) is 26.8 Å². The number of anilines is 1. The second-order valence-corrected chi connectivity index (χ2v) is 5.63. The number of rotatable bonds is 5. The third-order valence-corrected chi connectivity index (χ3v) is 3.67. The average Bonchev–Trinajstić information content (AvgIpc) is 3.16. The van der Waals surface area contributed by atoms with E-state index < -0.39 is 23.8 Å². The van der Waals surface area contributed by atoms with Gasteiger partial charge >= 0.3 is 6.18 Å². The van der Waals surface area contributed by atoms with E-state index in [4.69, 9.17) is 4.74 Å². The summed E-state index contributed by atoms with van der Waals surface area (Å²) >= 11 is 0. The molecule has 2 aromatic carbocycles. The minimum atomic E-state index is -4.55. The highest BCUT2D eigenvalue weighted by molar-refractivity contribution is 5.96. The zero-order valence-corrected chi connectivity index (χ0v) is 14.1. The van der Waals surface area contributed by atoms with Crippen LogP contribution in [0.2, 0.25) is 0 Å². The predicted molar refractivity (Wildman–Crippen MR) is 91.5 cm³/mol. The van der Waals surface area contributed by atoms with E-state index in [1.165, 1.54) is 30.3 Å². The molecule has 1 amide bonds. The van der Waals surface area contributed by atoms with Crippen molar-refractivity contribution in [2.24, 2.45) is 0 Å². The Balaban J connectivity index is 1.86. The molecule has 0 saturated heterocycles. The van der Waals surface area contributed by atoms with Crippen LogP contribution in [0.5, 0.6) is 5.75 Å². The van der Waals surface area contributed by atoms with Crippen LogP contribution >= 0.6 is 0 Å². The Bertz CT molecular complexity index is 912. The number of alkyl halides is 3. The number of ether oxygens (including phenoxy) is 1. The lowest BCUT2D eigenvalue weighted by Gasteiger charge is -2.17. The summed E-state index contributed by atoms with van der Waals surface area (Å²) in [5.74, 6) is -0.125. The lowest BCUT2D eigenvalue weighted by atomic mass is 10.1. The van der Waals surface area contributed by atoms with Gasteiger partial charge in [0.25, 0.3) is 5.91 Å². The standard InChI is InChI=1S/C18H15F3N4O2/c1-12(27-14-5-3-2-4-6-14)17(26)24-15-9-13(18(19,20)21)7-8-16(15)25-11-22-10-23-25/h2-12H,1H3,(H,24,26)/t12-/m1/s1. The van der Waals surface area contributed by atoms with Crippen LogP contribution in [-0.2, 0) is 11.0 Å². The number of hydrogen-bond donors (Lipinski definition) is 1. The van der Waals surface area contributed by atoms with Gasteiger partial charge in [0.1, 0.15) is 18.4 Å². The van der Waals surface area contributed by atoms with Gasteiger partial charge in [-0.1, -0.05) is 18.2 Å². The van der Waals surface area contributed by atoms with E-state index in [1.54, 1.807) is 30.3 Å². The Kier molecular flexibility index (Phi) is 5.11. The third-order valence-electron chi connectivity index (χ3n) is 3.67. The number of nitrogens with one attached hydrogen (secondary N) is 1. The molecule has 0 bridgehead atoms. The number of amides is 1. The van der Waals surface area contributed by atoms with Crippen molar-refractivity contribution in [2.75, 3.05) is 5.32 Å². The largest absolute Gasteiger partial charge is 0.481 e. The topological polar surface area (TPSA) is 69.0 Å². The molecule has 0 spiro atoms. The van der Waals surface area contributed by atoms with Crippen molar-refractivity contribution in [1.29, 1.82) is 0 Å². The van der Waals surface area contributed by atoms with Crippen LogP contribution in [0.3, 0.4) is 0 Å². The van der Waals surface area contributed by atoms with Crippen molar-refractivity contribution < 1.29 is 22.7 Å². The number of para-hydroxylation sites is 1. The lowest BCUT2D eigenvalue weighted by Crippen LogP contribution is -2.30. The molecular formula is C18H15F3N4O2. The highest BCUT2D eigenvalue weighted by Crippen LogP contribution is 2.33. The van der Waals surface area contributed by atoms with Gasteiger partial charge in [0.05, 0.1) is 16.9 Å². The van der Waals surface area contributed by atoms with Crippen LogP contribution in [0, 0.1) is 0 Å². The Labute approximate surface area is 152 Å². The second kappa shape index (κ2) is 7.48. The number of carbonyl (C=O) groups is 1. The van der Waals surface area contributed by atoms with E-state index in [1.807, 2.05) is 0 Å². The molecule has 0 aliphatic heterocycles. The quantitative estimate of drug-likeness (QED) is 0.737. The lowest BCUT2D eigenvalue weighted by molar-refractivity contribution is -0.137. The molecule has 1 atom stereocenters. The molecule has 0 unspecified atom stereocenters. The molecule has 1 N–H and O–H groups in total. The van der Waals surface area contributed by atoms with Crippen LogP contribution in [0.25, 0.3) is 5.69 Å². The van der Waals surface area contributed by atoms with Gasteiger partial charge < -0.3 is 10.1 Å². The number of aromatic nitrogens is 3. The summed E-state index contributed by atoms with van der Waals surface area (Å²) in [6, 6.07) is 11.6. The predicted octanol–water partition coefficient (Wildman–Crippen LogP) is 3.69. The van der Waals surface area contributed by atoms with Gasteiger partial charge in [0, 0.05) is 0 Å². The molecule has 9 heteroatoms. The number of benzene rings is 2. The average molecular weight is 376 g/mol. The number of halogens is 3. The Morgan fingerprint density at radius 3 is 2.56 bits per heavy atom. The van der Waals surface area contributed by atoms with Gasteiger partial charge in [-0.25, -0.2) is 9.67 Å².